The van der Waals surface area contributed by atoms with Gasteiger partial charge >= 0.3 is 0 Å². The Morgan fingerprint density at radius 3 is 2.00 bits per heavy atom. The Balaban J connectivity index is 2.56. The first kappa shape index (κ1) is 14.3. The van der Waals surface area contributed by atoms with Gasteiger partial charge in [-0.25, -0.2) is 10.9 Å². The summed E-state index contributed by atoms with van der Waals surface area (Å²) in [5, 5.41) is 37.5. The predicted molar refractivity (Wildman–Crippen MR) is 69.6 cm³/mol. The van der Waals surface area contributed by atoms with Crippen LogP contribution < -0.4 is 15.6 Å². The van der Waals surface area contributed by atoms with Gasteiger partial charge in [0.15, 0.2) is 0 Å². The fraction of sp³-hybridized carbons (Fsp3) is 0.286. The number of ether oxygens (including phenoxy) is 1. The van der Waals surface area contributed by atoms with Crippen LogP contribution in [0.15, 0.2) is 24.3 Å². The minimum Gasteiger partial charge on any atom is -0.497 e. The molecule has 0 saturated carbocycles. The number of methoxy groups -OCH3 is 1. The van der Waals surface area contributed by atoms with Gasteiger partial charge in [0.1, 0.15) is 17.9 Å². The van der Waals surface area contributed by atoms with Crippen LogP contribution in [0.5, 0.6) is 5.75 Å². The molecule has 2 rings (SSSR count). The van der Waals surface area contributed by atoms with E-state index in [2.05, 4.69) is 10.9 Å². The summed E-state index contributed by atoms with van der Waals surface area (Å²) in [6, 6.07) is 13.0. The van der Waals surface area contributed by atoms with Gasteiger partial charge < -0.3 is 4.74 Å². The van der Waals surface area contributed by atoms with E-state index in [1.54, 1.807) is 36.4 Å². The molecule has 7 nitrogen and oxygen atoms in total. The van der Waals surface area contributed by atoms with Crippen LogP contribution in [-0.2, 0) is 0 Å². The molecule has 1 atom stereocenters. The second kappa shape index (κ2) is 5.12. The van der Waals surface area contributed by atoms with E-state index in [1.165, 1.54) is 7.11 Å². The lowest BCUT2D eigenvalue weighted by atomic mass is 9.68. The van der Waals surface area contributed by atoms with E-state index in [-0.39, 0.29) is 0 Å². The Kier molecular flexibility index (Phi) is 3.49. The first-order valence-corrected chi connectivity index (χ1v) is 5.94. The zero-order chi connectivity index (χ0) is 15.5. The zero-order valence-electron chi connectivity index (χ0n) is 11.1. The number of benzene rings is 1. The standard InChI is InChI=1S/C14H10N6O/c1-21-11-4-2-10(3-5-11)12-13(6-15,7-16)14(8-17,9-18)20-19-12/h2-5,12,19-20H,1H3. The molecule has 1 aromatic carbocycles. The number of hydrogen-bond acceptors (Lipinski definition) is 7. The van der Waals surface area contributed by atoms with Gasteiger partial charge in [-0.3, -0.25) is 0 Å². The Hall–Kier alpha value is -3.10. The molecule has 2 N–H and O–H groups in total. The number of hydrazine groups is 1. The first-order valence-electron chi connectivity index (χ1n) is 5.94. The Morgan fingerprint density at radius 1 is 1.00 bits per heavy atom. The predicted octanol–water partition coefficient (Wildman–Crippen LogP) is 0.664. The topological polar surface area (TPSA) is 128 Å². The molecular formula is C14H10N6O. The monoisotopic (exact) mass is 278 g/mol. The van der Waals surface area contributed by atoms with Crippen LogP contribution in [0, 0.1) is 50.7 Å². The lowest BCUT2D eigenvalue weighted by molar-refractivity contribution is 0.391. The van der Waals surface area contributed by atoms with E-state index >= 15 is 0 Å². The van der Waals surface area contributed by atoms with Crippen molar-refractivity contribution in [3.8, 4) is 30.0 Å². The molecule has 1 unspecified atom stereocenters. The number of nitriles is 4. The average molecular weight is 278 g/mol. The molecule has 0 aliphatic carbocycles. The molecule has 1 saturated heterocycles. The highest BCUT2D eigenvalue weighted by Crippen LogP contribution is 2.45. The van der Waals surface area contributed by atoms with Crippen LogP contribution in [0.3, 0.4) is 0 Å². The molecule has 1 aliphatic heterocycles. The third kappa shape index (κ3) is 1.78. The van der Waals surface area contributed by atoms with E-state index in [0.29, 0.717) is 11.3 Å². The summed E-state index contributed by atoms with van der Waals surface area (Å²) in [4.78, 5) is 0. The average Bonchev–Trinajstić information content (AvgIpc) is 2.89. The Bertz CT molecular complexity index is 684. The van der Waals surface area contributed by atoms with Crippen molar-refractivity contribution in [2.45, 2.75) is 11.6 Å². The number of rotatable bonds is 2. The lowest BCUT2D eigenvalue weighted by Crippen LogP contribution is -2.50. The van der Waals surface area contributed by atoms with E-state index in [9.17, 15) is 21.0 Å². The van der Waals surface area contributed by atoms with Crippen molar-refractivity contribution in [1.29, 1.82) is 21.0 Å². The summed E-state index contributed by atoms with van der Waals surface area (Å²) >= 11 is 0. The molecule has 0 spiro atoms. The molecule has 1 aromatic rings. The lowest BCUT2D eigenvalue weighted by Gasteiger charge is -2.26. The SMILES string of the molecule is COc1ccc(C2NNC(C#N)(C#N)C2(C#N)C#N)cc1. The fourth-order valence-electron chi connectivity index (χ4n) is 2.31. The highest BCUT2D eigenvalue weighted by molar-refractivity contribution is 5.48. The summed E-state index contributed by atoms with van der Waals surface area (Å²) < 4.78 is 5.05. The van der Waals surface area contributed by atoms with Crippen molar-refractivity contribution in [3.05, 3.63) is 29.8 Å². The van der Waals surface area contributed by atoms with Gasteiger partial charge in [-0.2, -0.15) is 21.0 Å². The van der Waals surface area contributed by atoms with Crippen LogP contribution in [0.25, 0.3) is 0 Å². The Labute approximate surface area is 121 Å². The van der Waals surface area contributed by atoms with Gasteiger partial charge in [0.05, 0.1) is 25.3 Å². The third-order valence-corrected chi connectivity index (χ3v) is 3.57. The molecule has 102 valence electrons. The summed E-state index contributed by atoms with van der Waals surface area (Å²) in [6.45, 7) is 0. The fourth-order valence-corrected chi connectivity index (χ4v) is 2.31. The van der Waals surface area contributed by atoms with Gasteiger partial charge in [0.25, 0.3) is 0 Å². The molecule has 1 heterocycles. The molecule has 7 heteroatoms. The maximum Gasteiger partial charge on any atom is 0.239 e. The quantitative estimate of drug-likeness (QED) is 0.813. The molecule has 0 bridgehead atoms. The number of hydrogen-bond donors (Lipinski definition) is 2. The van der Waals surface area contributed by atoms with Gasteiger partial charge in [0.2, 0.25) is 11.0 Å². The van der Waals surface area contributed by atoms with Gasteiger partial charge in [0, 0.05) is 0 Å². The van der Waals surface area contributed by atoms with Crippen molar-refractivity contribution >= 4 is 0 Å². The van der Waals surface area contributed by atoms with E-state index in [4.69, 9.17) is 4.74 Å². The third-order valence-electron chi connectivity index (χ3n) is 3.57. The highest BCUT2D eigenvalue weighted by atomic mass is 16.5. The summed E-state index contributed by atoms with van der Waals surface area (Å²) in [5.74, 6) is 0.621. The van der Waals surface area contributed by atoms with E-state index in [0.717, 1.165) is 0 Å². The maximum absolute atomic E-state index is 9.47. The van der Waals surface area contributed by atoms with Crippen LogP contribution in [0.4, 0.5) is 0 Å². The second-order valence-corrected chi connectivity index (χ2v) is 4.48. The van der Waals surface area contributed by atoms with Crippen molar-refractivity contribution < 1.29 is 4.74 Å². The molecule has 1 fully saturated rings. The number of nitrogens with one attached hydrogen (secondary N) is 2. The summed E-state index contributed by atoms with van der Waals surface area (Å²) in [5.41, 5.74) is 1.99. The minimum absolute atomic E-state index is 0.596. The Morgan fingerprint density at radius 2 is 1.57 bits per heavy atom. The minimum atomic E-state index is -1.94. The molecule has 0 aromatic heterocycles. The van der Waals surface area contributed by atoms with E-state index < -0.39 is 17.0 Å². The second-order valence-electron chi connectivity index (χ2n) is 4.48. The zero-order valence-corrected chi connectivity index (χ0v) is 11.1. The molecule has 0 amide bonds. The highest BCUT2D eigenvalue weighted by Gasteiger charge is 2.64. The van der Waals surface area contributed by atoms with Gasteiger partial charge in [-0.15, -0.1) is 0 Å². The van der Waals surface area contributed by atoms with Gasteiger partial charge in [-0.05, 0) is 17.7 Å². The smallest absolute Gasteiger partial charge is 0.239 e. The van der Waals surface area contributed by atoms with Crippen LogP contribution in [0.2, 0.25) is 0 Å². The maximum atomic E-state index is 9.47. The first-order chi connectivity index (χ1) is 10.1. The summed E-state index contributed by atoms with van der Waals surface area (Å²) in [7, 11) is 1.52. The van der Waals surface area contributed by atoms with Crippen molar-refractivity contribution in [1.82, 2.24) is 10.9 Å². The largest absolute Gasteiger partial charge is 0.497 e. The van der Waals surface area contributed by atoms with Crippen LogP contribution >= 0.6 is 0 Å². The van der Waals surface area contributed by atoms with Crippen molar-refractivity contribution in [2.24, 2.45) is 5.41 Å². The van der Waals surface area contributed by atoms with Crippen molar-refractivity contribution in [3.63, 3.8) is 0 Å². The number of nitrogens with zero attached hydrogens (tertiary/aromatic N) is 4. The summed E-state index contributed by atoms with van der Waals surface area (Å²) in [6.07, 6.45) is 0. The van der Waals surface area contributed by atoms with Crippen molar-refractivity contribution in [2.75, 3.05) is 7.11 Å². The van der Waals surface area contributed by atoms with Gasteiger partial charge in [-0.1, -0.05) is 12.1 Å². The molecule has 1 aliphatic rings. The van der Waals surface area contributed by atoms with E-state index in [1.807, 2.05) is 12.1 Å². The molecule has 0 radical (unpaired) electrons. The van der Waals surface area contributed by atoms with Crippen LogP contribution in [-0.4, -0.2) is 12.6 Å². The molecular weight excluding hydrogens is 268 g/mol. The van der Waals surface area contributed by atoms with Crippen LogP contribution in [0.1, 0.15) is 11.6 Å². The molecule has 21 heavy (non-hydrogen) atoms. The normalized spacial score (nSPS) is 21.3.